The molecule has 6 heteroatoms. The first kappa shape index (κ1) is 15.7. The fourth-order valence-corrected chi connectivity index (χ4v) is 2.26. The Kier molecular flexibility index (Phi) is 5.14. The molecule has 0 unspecified atom stereocenters. The van der Waals surface area contributed by atoms with E-state index in [-0.39, 0.29) is 17.3 Å². The van der Waals surface area contributed by atoms with Crippen molar-refractivity contribution in [1.82, 2.24) is 0 Å². The summed E-state index contributed by atoms with van der Waals surface area (Å²) in [5.74, 6) is 0.361. The van der Waals surface area contributed by atoms with Gasteiger partial charge in [0.25, 0.3) is 0 Å². The maximum atomic E-state index is 13.6. The number of benzene rings is 2. The summed E-state index contributed by atoms with van der Waals surface area (Å²) in [6.07, 6.45) is 0. The molecule has 2 rings (SSSR count). The third-order valence-corrected chi connectivity index (χ3v) is 3.57. The van der Waals surface area contributed by atoms with Gasteiger partial charge in [-0.1, -0.05) is 28.1 Å². The lowest BCUT2D eigenvalue weighted by Crippen LogP contribution is -2.10. The summed E-state index contributed by atoms with van der Waals surface area (Å²) in [5, 5.41) is 0. The summed E-state index contributed by atoms with van der Waals surface area (Å²) in [4.78, 5) is 0.285. The second-order valence-corrected chi connectivity index (χ2v) is 5.61. The molecule has 0 amide bonds. The van der Waals surface area contributed by atoms with Crippen LogP contribution in [-0.2, 0) is 6.61 Å². The topological polar surface area (TPSA) is 44.5 Å². The van der Waals surface area contributed by atoms with Gasteiger partial charge in [-0.05, 0) is 36.4 Å². The molecule has 0 spiro atoms. The number of hydrogen-bond donors (Lipinski definition) is 1. The molecule has 0 radical (unpaired) electrons. The summed E-state index contributed by atoms with van der Waals surface area (Å²) in [6.45, 7) is 0.146. The van der Waals surface area contributed by atoms with E-state index < -0.39 is 5.82 Å². The van der Waals surface area contributed by atoms with Crippen molar-refractivity contribution >= 4 is 33.1 Å². The first-order valence-corrected chi connectivity index (χ1v) is 7.26. The molecule has 2 aromatic carbocycles. The first-order chi connectivity index (χ1) is 10.0. The molecule has 2 aromatic rings. The highest BCUT2D eigenvalue weighted by atomic mass is 79.9. The first-order valence-electron chi connectivity index (χ1n) is 6.06. The Morgan fingerprint density at radius 1 is 1.24 bits per heavy atom. The van der Waals surface area contributed by atoms with E-state index in [1.165, 1.54) is 6.07 Å². The molecule has 3 nitrogen and oxygen atoms in total. The highest BCUT2D eigenvalue weighted by Crippen LogP contribution is 2.26. The minimum Gasteiger partial charge on any atom is -0.496 e. The summed E-state index contributed by atoms with van der Waals surface area (Å²) >= 11 is 8.22. The quantitative estimate of drug-likeness (QED) is 0.813. The molecular weight excluding hydrogens is 357 g/mol. The molecule has 0 aliphatic rings. The Morgan fingerprint density at radius 2 is 2.00 bits per heavy atom. The van der Waals surface area contributed by atoms with Crippen molar-refractivity contribution in [1.29, 1.82) is 0 Å². The van der Waals surface area contributed by atoms with E-state index in [1.807, 2.05) is 0 Å². The normalized spacial score (nSPS) is 10.2. The van der Waals surface area contributed by atoms with Crippen LogP contribution in [-0.4, -0.2) is 12.1 Å². The summed E-state index contributed by atoms with van der Waals surface area (Å²) in [6, 6.07) is 9.81. The van der Waals surface area contributed by atoms with Crippen molar-refractivity contribution < 1.29 is 13.9 Å². The standard InChI is InChI=1S/C15H13BrFNO2S/c1-19-13-5-2-9(15(18)21)6-10(13)8-20-14-7-11(16)3-4-12(14)17/h2-7H,8H2,1H3,(H2,18,21). The largest absolute Gasteiger partial charge is 0.496 e. The predicted octanol–water partition coefficient (Wildman–Crippen LogP) is 3.81. The molecule has 0 aromatic heterocycles. The summed E-state index contributed by atoms with van der Waals surface area (Å²) < 4.78 is 25.2. The van der Waals surface area contributed by atoms with Gasteiger partial charge in [-0.3, -0.25) is 0 Å². The fraction of sp³-hybridized carbons (Fsp3) is 0.133. The number of halogens is 2. The maximum Gasteiger partial charge on any atom is 0.165 e. The van der Waals surface area contributed by atoms with Crippen molar-refractivity contribution in [2.24, 2.45) is 5.73 Å². The van der Waals surface area contributed by atoms with Gasteiger partial charge in [0.1, 0.15) is 17.3 Å². The van der Waals surface area contributed by atoms with Gasteiger partial charge in [0.05, 0.1) is 7.11 Å². The van der Waals surface area contributed by atoms with Gasteiger partial charge in [-0.2, -0.15) is 0 Å². The maximum absolute atomic E-state index is 13.6. The van der Waals surface area contributed by atoms with Gasteiger partial charge in [0.15, 0.2) is 11.6 Å². The molecule has 0 aliphatic heterocycles. The van der Waals surface area contributed by atoms with Gasteiger partial charge in [0.2, 0.25) is 0 Å². The van der Waals surface area contributed by atoms with Crippen molar-refractivity contribution in [3.63, 3.8) is 0 Å². The van der Waals surface area contributed by atoms with Crippen LogP contribution in [0.1, 0.15) is 11.1 Å². The highest BCUT2D eigenvalue weighted by Gasteiger charge is 2.09. The number of thiocarbonyl (C=S) groups is 1. The molecular formula is C15H13BrFNO2S. The second-order valence-electron chi connectivity index (χ2n) is 4.25. The van der Waals surface area contributed by atoms with E-state index in [1.54, 1.807) is 37.4 Å². The third-order valence-electron chi connectivity index (χ3n) is 2.84. The van der Waals surface area contributed by atoms with Crippen LogP contribution in [0.5, 0.6) is 11.5 Å². The second kappa shape index (κ2) is 6.87. The Labute approximate surface area is 136 Å². The molecule has 0 saturated heterocycles. The lowest BCUT2D eigenvalue weighted by atomic mass is 10.1. The Hall–Kier alpha value is -1.66. The van der Waals surface area contributed by atoms with E-state index in [4.69, 9.17) is 27.4 Å². The van der Waals surface area contributed by atoms with Crippen molar-refractivity contribution in [2.45, 2.75) is 6.61 Å². The van der Waals surface area contributed by atoms with E-state index >= 15 is 0 Å². The molecule has 2 N–H and O–H groups in total. The van der Waals surface area contributed by atoms with Crippen LogP contribution in [0.2, 0.25) is 0 Å². The van der Waals surface area contributed by atoms with Crippen LogP contribution in [0.15, 0.2) is 40.9 Å². The minimum absolute atomic E-state index is 0.146. The molecule has 0 bridgehead atoms. The van der Waals surface area contributed by atoms with Gasteiger partial charge in [-0.25, -0.2) is 4.39 Å². The minimum atomic E-state index is -0.428. The van der Waals surface area contributed by atoms with Crippen LogP contribution < -0.4 is 15.2 Å². The number of rotatable bonds is 5. The van der Waals surface area contributed by atoms with E-state index in [9.17, 15) is 4.39 Å². The van der Waals surface area contributed by atoms with Gasteiger partial charge in [-0.15, -0.1) is 0 Å². The molecule has 21 heavy (non-hydrogen) atoms. The Morgan fingerprint density at radius 3 is 2.67 bits per heavy atom. The zero-order valence-corrected chi connectivity index (χ0v) is 13.6. The van der Waals surface area contributed by atoms with Gasteiger partial charge >= 0.3 is 0 Å². The number of hydrogen-bond acceptors (Lipinski definition) is 3. The number of ether oxygens (including phenoxy) is 2. The van der Waals surface area contributed by atoms with Crippen LogP contribution >= 0.6 is 28.1 Å². The van der Waals surface area contributed by atoms with Crippen LogP contribution in [0.4, 0.5) is 4.39 Å². The monoisotopic (exact) mass is 369 g/mol. The number of nitrogens with two attached hydrogens (primary N) is 1. The third kappa shape index (κ3) is 3.92. The van der Waals surface area contributed by atoms with Crippen molar-refractivity contribution in [2.75, 3.05) is 7.11 Å². The molecule has 0 atom stereocenters. The zero-order valence-electron chi connectivity index (χ0n) is 11.2. The van der Waals surface area contributed by atoms with Gasteiger partial charge < -0.3 is 15.2 Å². The fourth-order valence-electron chi connectivity index (χ4n) is 1.79. The molecule has 0 heterocycles. The van der Waals surface area contributed by atoms with E-state index in [2.05, 4.69) is 15.9 Å². The lowest BCUT2D eigenvalue weighted by Gasteiger charge is -2.12. The average Bonchev–Trinajstić information content (AvgIpc) is 2.47. The molecule has 0 saturated carbocycles. The zero-order chi connectivity index (χ0) is 15.4. The highest BCUT2D eigenvalue weighted by molar-refractivity contribution is 9.10. The lowest BCUT2D eigenvalue weighted by molar-refractivity contribution is 0.282. The Bertz CT molecular complexity index is 679. The Balaban J connectivity index is 2.24. The smallest absolute Gasteiger partial charge is 0.165 e. The van der Waals surface area contributed by atoms with Crippen LogP contribution in [0.3, 0.4) is 0 Å². The SMILES string of the molecule is COc1ccc(C(N)=S)cc1COc1cc(Br)ccc1F. The summed E-state index contributed by atoms with van der Waals surface area (Å²) in [7, 11) is 1.55. The van der Waals surface area contributed by atoms with Crippen molar-refractivity contribution in [3.05, 3.63) is 57.8 Å². The predicted molar refractivity (Wildman–Crippen MR) is 87.3 cm³/mol. The van der Waals surface area contributed by atoms with Crippen LogP contribution in [0, 0.1) is 5.82 Å². The van der Waals surface area contributed by atoms with E-state index in [0.717, 1.165) is 10.0 Å². The van der Waals surface area contributed by atoms with E-state index in [0.29, 0.717) is 11.3 Å². The average molecular weight is 370 g/mol. The number of methoxy groups -OCH3 is 1. The molecule has 0 fully saturated rings. The summed E-state index contributed by atoms with van der Waals surface area (Å²) in [5.41, 5.74) is 7.05. The van der Waals surface area contributed by atoms with Crippen molar-refractivity contribution in [3.8, 4) is 11.5 Å². The van der Waals surface area contributed by atoms with Gasteiger partial charge in [0, 0.05) is 15.6 Å². The molecule has 0 aliphatic carbocycles. The van der Waals surface area contributed by atoms with Crippen LogP contribution in [0.25, 0.3) is 0 Å². The molecule has 110 valence electrons.